The number of hydrogen-bond donors (Lipinski definition) is 1. The van der Waals surface area contributed by atoms with Crippen molar-refractivity contribution >= 4 is 34.4 Å². The molecule has 0 fully saturated rings. The van der Waals surface area contributed by atoms with Crippen LogP contribution in [-0.2, 0) is 0 Å². The number of aliphatic hydroxyl groups excluding tert-OH is 1. The third-order valence-corrected chi connectivity index (χ3v) is 4.80. The second-order valence-electron chi connectivity index (χ2n) is 6.41. The Hall–Kier alpha value is -3.18. The zero-order chi connectivity index (χ0) is 18.3. The van der Waals surface area contributed by atoms with Gasteiger partial charge in [-0.25, -0.2) is 0 Å². The van der Waals surface area contributed by atoms with Gasteiger partial charge in [0.25, 0.3) is 0 Å². The molecule has 2 aromatic carbocycles. The summed E-state index contributed by atoms with van der Waals surface area (Å²) in [5, 5.41) is 12.3. The number of aliphatic hydroxyl groups is 1. The van der Waals surface area contributed by atoms with E-state index in [-0.39, 0.29) is 0 Å². The molecule has 130 valence electrons. The molecule has 0 bridgehead atoms. The smallest absolute Gasteiger partial charge is 0.152 e. The fraction of sp³-hybridized carbons (Fsp3) is 0.143. The number of aromatic nitrogens is 2. The average molecular weight is 346 g/mol. The highest BCUT2D eigenvalue weighted by molar-refractivity contribution is 5.99. The number of rotatable bonds is 5. The number of nitrogens with zero attached hydrogens (tertiary/aromatic N) is 2. The van der Waals surface area contributed by atoms with Crippen molar-refractivity contribution in [1.29, 1.82) is 0 Å². The van der Waals surface area contributed by atoms with Crippen molar-refractivity contribution in [1.82, 2.24) is 9.13 Å². The molecule has 1 unspecified atom stereocenters. The number of fused-ring (bicyclic) bond motifs is 2. The standard InChI is InChI=1S/C21H18N2O3/c1-14(26)21(22-10-15(12-24)17-6-2-4-8-19(17)22)23-11-16(13-25)18-7-3-5-9-20(18)23/h2-14,21,26H,1H3. The van der Waals surface area contributed by atoms with Gasteiger partial charge in [0.1, 0.15) is 6.17 Å². The molecule has 26 heavy (non-hydrogen) atoms. The highest BCUT2D eigenvalue weighted by atomic mass is 16.3. The molecule has 1 atom stereocenters. The van der Waals surface area contributed by atoms with Crippen LogP contribution in [0.2, 0.25) is 0 Å². The lowest BCUT2D eigenvalue weighted by Gasteiger charge is -2.25. The monoisotopic (exact) mass is 346 g/mol. The number of carbonyl (C=O) groups excluding carboxylic acids is 2. The zero-order valence-corrected chi connectivity index (χ0v) is 14.2. The van der Waals surface area contributed by atoms with Crippen LogP contribution in [0.1, 0.15) is 33.8 Å². The Kier molecular flexibility index (Phi) is 3.93. The lowest BCUT2D eigenvalue weighted by Crippen LogP contribution is -2.27. The highest BCUT2D eigenvalue weighted by Crippen LogP contribution is 2.31. The van der Waals surface area contributed by atoms with Crippen LogP contribution in [0.4, 0.5) is 0 Å². The maximum absolute atomic E-state index is 11.5. The minimum atomic E-state index is -0.749. The molecule has 4 rings (SSSR count). The van der Waals surface area contributed by atoms with Crippen molar-refractivity contribution in [2.75, 3.05) is 0 Å². The van der Waals surface area contributed by atoms with Gasteiger partial charge in [0.05, 0.1) is 17.1 Å². The first kappa shape index (κ1) is 16.3. The van der Waals surface area contributed by atoms with E-state index >= 15 is 0 Å². The first-order valence-corrected chi connectivity index (χ1v) is 8.43. The molecule has 4 aromatic rings. The van der Waals surface area contributed by atoms with Crippen molar-refractivity contribution in [3.63, 3.8) is 0 Å². The first-order valence-electron chi connectivity index (χ1n) is 8.43. The number of para-hydroxylation sites is 2. The van der Waals surface area contributed by atoms with Crippen molar-refractivity contribution in [3.05, 3.63) is 72.1 Å². The van der Waals surface area contributed by atoms with Gasteiger partial charge in [0.2, 0.25) is 0 Å². The van der Waals surface area contributed by atoms with E-state index in [9.17, 15) is 14.7 Å². The summed E-state index contributed by atoms with van der Waals surface area (Å²) in [6.07, 6.45) is 3.91. The molecule has 1 N–H and O–H groups in total. The minimum absolute atomic E-state index is 0.493. The van der Waals surface area contributed by atoms with Crippen molar-refractivity contribution in [3.8, 4) is 0 Å². The predicted molar refractivity (Wildman–Crippen MR) is 101 cm³/mol. The number of benzene rings is 2. The molecule has 2 aromatic heterocycles. The number of hydrogen-bond acceptors (Lipinski definition) is 3. The van der Waals surface area contributed by atoms with E-state index in [2.05, 4.69) is 0 Å². The maximum atomic E-state index is 11.5. The summed E-state index contributed by atoms with van der Waals surface area (Å²) in [5.74, 6) is 0. The van der Waals surface area contributed by atoms with E-state index in [1.807, 2.05) is 57.7 Å². The molecule has 0 aliphatic carbocycles. The third kappa shape index (κ3) is 2.36. The van der Waals surface area contributed by atoms with Crippen LogP contribution >= 0.6 is 0 Å². The number of aldehydes is 2. The lowest BCUT2D eigenvalue weighted by molar-refractivity contribution is 0.111. The highest BCUT2D eigenvalue weighted by Gasteiger charge is 2.24. The largest absolute Gasteiger partial charge is 0.389 e. The van der Waals surface area contributed by atoms with Crippen molar-refractivity contribution in [2.45, 2.75) is 19.2 Å². The lowest BCUT2D eigenvalue weighted by atomic mass is 10.2. The average Bonchev–Trinajstić information content (AvgIpc) is 3.21. The van der Waals surface area contributed by atoms with Gasteiger partial charge < -0.3 is 14.2 Å². The summed E-state index contributed by atoms with van der Waals surface area (Å²) in [6, 6.07) is 15.2. The summed E-state index contributed by atoms with van der Waals surface area (Å²) in [7, 11) is 0. The fourth-order valence-corrected chi connectivity index (χ4v) is 3.69. The molecular formula is C21H18N2O3. The van der Waals surface area contributed by atoms with Gasteiger partial charge >= 0.3 is 0 Å². The molecule has 0 amide bonds. The van der Waals surface area contributed by atoms with Crippen LogP contribution in [-0.4, -0.2) is 32.9 Å². The SMILES string of the molecule is CC(O)C(n1cc(C=O)c2ccccc21)n1cc(C=O)c2ccccc21. The van der Waals surface area contributed by atoms with E-state index in [0.29, 0.717) is 11.1 Å². The van der Waals surface area contributed by atoms with Gasteiger partial charge in [0, 0.05) is 34.3 Å². The van der Waals surface area contributed by atoms with Gasteiger partial charge in [-0.3, -0.25) is 9.59 Å². The van der Waals surface area contributed by atoms with Crippen LogP contribution < -0.4 is 0 Å². The van der Waals surface area contributed by atoms with Gasteiger partial charge in [-0.2, -0.15) is 0 Å². The van der Waals surface area contributed by atoms with E-state index < -0.39 is 12.3 Å². The van der Waals surface area contributed by atoms with E-state index in [0.717, 1.165) is 34.4 Å². The second-order valence-corrected chi connectivity index (χ2v) is 6.41. The molecule has 0 radical (unpaired) electrons. The second kappa shape index (κ2) is 6.28. The quantitative estimate of drug-likeness (QED) is 0.561. The van der Waals surface area contributed by atoms with Crippen molar-refractivity contribution < 1.29 is 14.7 Å². The molecule has 5 heteroatoms. The molecule has 0 saturated heterocycles. The minimum Gasteiger partial charge on any atom is -0.389 e. The van der Waals surface area contributed by atoms with Gasteiger partial charge in [0.15, 0.2) is 12.6 Å². The zero-order valence-electron chi connectivity index (χ0n) is 14.2. The molecule has 0 aliphatic rings. The van der Waals surface area contributed by atoms with Crippen LogP contribution in [0.25, 0.3) is 21.8 Å². The topological polar surface area (TPSA) is 64.2 Å². The van der Waals surface area contributed by atoms with E-state index in [4.69, 9.17) is 0 Å². The summed E-state index contributed by atoms with van der Waals surface area (Å²) >= 11 is 0. The van der Waals surface area contributed by atoms with Gasteiger partial charge in [-0.05, 0) is 19.1 Å². The fourth-order valence-electron chi connectivity index (χ4n) is 3.69. The van der Waals surface area contributed by atoms with E-state index in [1.165, 1.54) is 0 Å². The Labute approximate surface area is 150 Å². The summed E-state index contributed by atoms with van der Waals surface area (Å²) < 4.78 is 3.79. The Morgan fingerprint density at radius 2 is 1.23 bits per heavy atom. The molecule has 0 saturated carbocycles. The van der Waals surface area contributed by atoms with Crippen LogP contribution in [0.15, 0.2) is 60.9 Å². The van der Waals surface area contributed by atoms with E-state index in [1.54, 1.807) is 19.3 Å². The molecular weight excluding hydrogens is 328 g/mol. The Morgan fingerprint density at radius 3 is 1.62 bits per heavy atom. The Bertz CT molecular complexity index is 1030. The first-order chi connectivity index (χ1) is 12.7. The molecule has 0 spiro atoms. The van der Waals surface area contributed by atoms with Crippen molar-refractivity contribution in [2.24, 2.45) is 0 Å². The summed E-state index contributed by atoms with van der Waals surface area (Å²) in [5.41, 5.74) is 2.84. The normalized spacial score (nSPS) is 12.7. The summed E-state index contributed by atoms with van der Waals surface area (Å²) in [4.78, 5) is 23.0. The Morgan fingerprint density at radius 1 is 0.808 bits per heavy atom. The maximum Gasteiger partial charge on any atom is 0.152 e. The third-order valence-electron chi connectivity index (χ3n) is 4.80. The van der Waals surface area contributed by atoms with Crippen LogP contribution in [0.5, 0.6) is 0 Å². The predicted octanol–water partition coefficient (Wildman–Crippen LogP) is 3.65. The summed E-state index contributed by atoms with van der Waals surface area (Å²) in [6.45, 7) is 1.70. The van der Waals surface area contributed by atoms with Gasteiger partial charge in [-0.15, -0.1) is 0 Å². The van der Waals surface area contributed by atoms with Crippen LogP contribution in [0, 0.1) is 0 Å². The molecule has 0 aliphatic heterocycles. The molecule has 2 heterocycles. The van der Waals surface area contributed by atoms with Gasteiger partial charge in [-0.1, -0.05) is 36.4 Å². The van der Waals surface area contributed by atoms with Crippen LogP contribution in [0.3, 0.4) is 0 Å². The number of carbonyl (C=O) groups is 2. The molecule has 5 nitrogen and oxygen atoms in total. The Balaban J connectivity index is 2.02.